The van der Waals surface area contributed by atoms with Crippen molar-refractivity contribution in [3.05, 3.63) is 29.8 Å². The second-order valence-electron chi connectivity index (χ2n) is 4.66. The van der Waals surface area contributed by atoms with E-state index in [1.807, 2.05) is 6.92 Å². The fourth-order valence-corrected chi connectivity index (χ4v) is 1.98. The van der Waals surface area contributed by atoms with Gasteiger partial charge < -0.3 is 15.2 Å². The van der Waals surface area contributed by atoms with Crippen LogP contribution >= 0.6 is 0 Å². The lowest BCUT2D eigenvalue weighted by Crippen LogP contribution is -2.27. The van der Waals surface area contributed by atoms with Crippen molar-refractivity contribution in [1.82, 2.24) is 0 Å². The minimum atomic E-state index is -1.47. The molecule has 1 aromatic carbocycles. The molecule has 0 aliphatic rings. The summed E-state index contributed by atoms with van der Waals surface area (Å²) in [6.07, 6.45) is 1.95. The van der Waals surface area contributed by atoms with Gasteiger partial charge in [-0.25, -0.2) is 4.39 Å². The van der Waals surface area contributed by atoms with Crippen molar-refractivity contribution in [2.24, 2.45) is 5.73 Å². The van der Waals surface area contributed by atoms with Crippen LogP contribution in [0.15, 0.2) is 24.3 Å². The molecule has 0 amide bonds. The SMILES string of the molecule is CCCOc1ccc(C(F)(CCCN)COC)cc1. The summed E-state index contributed by atoms with van der Waals surface area (Å²) in [5, 5.41) is 0. The minimum Gasteiger partial charge on any atom is -0.494 e. The van der Waals surface area contributed by atoms with E-state index in [9.17, 15) is 4.39 Å². The Hall–Kier alpha value is -1.13. The molecule has 1 aromatic rings. The summed E-state index contributed by atoms with van der Waals surface area (Å²) in [6.45, 7) is 3.24. The minimum absolute atomic E-state index is 0.0438. The molecule has 0 saturated heterocycles. The predicted octanol–water partition coefficient (Wildman–Crippen LogP) is 3.03. The summed E-state index contributed by atoms with van der Waals surface area (Å²) in [4.78, 5) is 0. The van der Waals surface area contributed by atoms with Crippen LogP contribution in [-0.4, -0.2) is 26.9 Å². The summed E-state index contributed by atoms with van der Waals surface area (Å²) in [5.41, 5.74) is 4.60. The van der Waals surface area contributed by atoms with Crippen LogP contribution in [0, 0.1) is 0 Å². The van der Waals surface area contributed by atoms with E-state index in [1.54, 1.807) is 24.3 Å². The molecule has 0 bridgehead atoms. The number of methoxy groups -OCH3 is 1. The molecule has 0 aliphatic heterocycles. The van der Waals surface area contributed by atoms with Gasteiger partial charge in [0.1, 0.15) is 5.75 Å². The molecule has 0 heterocycles. The first-order valence-electron chi connectivity index (χ1n) is 6.77. The molecule has 108 valence electrons. The van der Waals surface area contributed by atoms with Gasteiger partial charge in [0.05, 0.1) is 13.2 Å². The highest BCUT2D eigenvalue weighted by molar-refractivity contribution is 5.31. The normalized spacial score (nSPS) is 14.1. The molecule has 2 N–H and O–H groups in total. The number of halogens is 1. The summed E-state index contributed by atoms with van der Waals surface area (Å²) < 4.78 is 25.4. The van der Waals surface area contributed by atoms with Gasteiger partial charge in [0.25, 0.3) is 0 Å². The van der Waals surface area contributed by atoms with Crippen LogP contribution in [0.2, 0.25) is 0 Å². The highest BCUT2D eigenvalue weighted by Gasteiger charge is 2.31. The van der Waals surface area contributed by atoms with Crippen LogP contribution in [0.25, 0.3) is 0 Å². The molecule has 1 unspecified atom stereocenters. The van der Waals surface area contributed by atoms with Crippen LogP contribution in [0.3, 0.4) is 0 Å². The maximum Gasteiger partial charge on any atom is 0.159 e. The molecular weight excluding hydrogens is 245 g/mol. The lowest BCUT2D eigenvalue weighted by Gasteiger charge is -2.25. The summed E-state index contributed by atoms with van der Waals surface area (Å²) >= 11 is 0. The number of alkyl halides is 1. The lowest BCUT2D eigenvalue weighted by molar-refractivity contribution is 0.0303. The quantitative estimate of drug-likeness (QED) is 0.749. The largest absolute Gasteiger partial charge is 0.494 e. The van der Waals surface area contributed by atoms with Gasteiger partial charge in [-0.1, -0.05) is 19.1 Å². The van der Waals surface area contributed by atoms with E-state index in [-0.39, 0.29) is 6.61 Å². The molecule has 19 heavy (non-hydrogen) atoms. The van der Waals surface area contributed by atoms with Crippen molar-refractivity contribution in [3.63, 3.8) is 0 Å². The summed E-state index contributed by atoms with van der Waals surface area (Å²) in [6, 6.07) is 7.13. The van der Waals surface area contributed by atoms with E-state index in [0.717, 1.165) is 12.2 Å². The Morgan fingerprint density at radius 1 is 1.26 bits per heavy atom. The van der Waals surface area contributed by atoms with Crippen molar-refractivity contribution in [3.8, 4) is 5.75 Å². The highest BCUT2D eigenvalue weighted by Crippen LogP contribution is 2.32. The van der Waals surface area contributed by atoms with E-state index >= 15 is 0 Å². The van der Waals surface area contributed by atoms with E-state index in [4.69, 9.17) is 15.2 Å². The van der Waals surface area contributed by atoms with Gasteiger partial charge in [-0.05, 0) is 43.5 Å². The molecule has 0 fully saturated rings. The Kier molecular flexibility index (Phi) is 6.81. The fourth-order valence-electron chi connectivity index (χ4n) is 1.98. The van der Waals surface area contributed by atoms with E-state index < -0.39 is 5.67 Å². The predicted molar refractivity (Wildman–Crippen MR) is 75.2 cm³/mol. The Labute approximate surface area is 114 Å². The first kappa shape index (κ1) is 15.9. The molecular formula is C15H24FNO2. The second kappa shape index (κ2) is 8.12. The second-order valence-corrected chi connectivity index (χ2v) is 4.66. The van der Waals surface area contributed by atoms with Gasteiger partial charge in [0, 0.05) is 7.11 Å². The van der Waals surface area contributed by atoms with Crippen LogP contribution in [-0.2, 0) is 10.4 Å². The summed E-state index contributed by atoms with van der Waals surface area (Å²) in [5.74, 6) is 0.768. The molecule has 0 radical (unpaired) electrons. The lowest BCUT2D eigenvalue weighted by atomic mass is 9.91. The highest BCUT2D eigenvalue weighted by atomic mass is 19.1. The first-order valence-corrected chi connectivity index (χ1v) is 6.77. The first-order chi connectivity index (χ1) is 9.16. The zero-order valence-electron chi connectivity index (χ0n) is 11.8. The molecule has 1 atom stereocenters. The number of nitrogens with two attached hydrogens (primary N) is 1. The number of hydrogen-bond donors (Lipinski definition) is 1. The maximum atomic E-state index is 14.9. The molecule has 1 rings (SSSR count). The van der Waals surface area contributed by atoms with Gasteiger partial charge in [0.2, 0.25) is 0 Å². The fraction of sp³-hybridized carbons (Fsp3) is 0.600. The third kappa shape index (κ3) is 4.80. The molecule has 0 aliphatic carbocycles. The Balaban J connectivity index is 2.78. The average molecular weight is 269 g/mol. The van der Waals surface area contributed by atoms with Crippen molar-refractivity contribution in [2.45, 2.75) is 31.9 Å². The third-order valence-electron chi connectivity index (χ3n) is 2.99. The molecule has 3 nitrogen and oxygen atoms in total. The Morgan fingerprint density at radius 2 is 1.95 bits per heavy atom. The van der Waals surface area contributed by atoms with Crippen LogP contribution in [0.1, 0.15) is 31.7 Å². The van der Waals surface area contributed by atoms with Crippen LogP contribution < -0.4 is 10.5 Å². The van der Waals surface area contributed by atoms with Gasteiger partial charge in [-0.2, -0.15) is 0 Å². The third-order valence-corrected chi connectivity index (χ3v) is 2.99. The number of benzene rings is 1. The molecule has 0 saturated carbocycles. The van der Waals surface area contributed by atoms with Gasteiger partial charge in [-0.3, -0.25) is 0 Å². The van der Waals surface area contributed by atoms with Crippen molar-refractivity contribution in [2.75, 3.05) is 26.9 Å². The monoisotopic (exact) mass is 269 g/mol. The topological polar surface area (TPSA) is 44.5 Å². The van der Waals surface area contributed by atoms with Gasteiger partial charge in [-0.15, -0.1) is 0 Å². The van der Waals surface area contributed by atoms with Crippen molar-refractivity contribution in [1.29, 1.82) is 0 Å². The number of ether oxygens (including phenoxy) is 2. The van der Waals surface area contributed by atoms with E-state index in [0.29, 0.717) is 31.6 Å². The molecule has 0 aromatic heterocycles. The van der Waals surface area contributed by atoms with Gasteiger partial charge in [0.15, 0.2) is 5.67 Å². The Bertz CT molecular complexity index is 356. The molecule has 0 spiro atoms. The van der Waals surface area contributed by atoms with Gasteiger partial charge >= 0.3 is 0 Å². The number of rotatable bonds is 9. The van der Waals surface area contributed by atoms with Crippen LogP contribution in [0.4, 0.5) is 4.39 Å². The zero-order chi connectivity index (χ0) is 14.1. The molecule has 4 heteroatoms. The zero-order valence-corrected chi connectivity index (χ0v) is 11.8. The smallest absolute Gasteiger partial charge is 0.159 e. The number of hydrogen-bond acceptors (Lipinski definition) is 3. The maximum absolute atomic E-state index is 14.9. The van der Waals surface area contributed by atoms with Crippen molar-refractivity contribution < 1.29 is 13.9 Å². The average Bonchev–Trinajstić information content (AvgIpc) is 2.44. The standard InChI is InChI=1S/C15H24FNO2/c1-3-11-19-14-7-5-13(6-8-14)15(16,12-18-2)9-4-10-17/h5-8H,3-4,9-12,17H2,1-2H3. The van der Waals surface area contributed by atoms with E-state index in [1.165, 1.54) is 7.11 Å². The van der Waals surface area contributed by atoms with Crippen molar-refractivity contribution >= 4 is 0 Å². The Morgan fingerprint density at radius 3 is 2.47 bits per heavy atom. The summed E-state index contributed by atoms with van der Waals surface area (Å²) in [7, 11) is 1.51. The van der Waals surface area contributed by atoms with Crippen LogP contribution in [0.5, 0.6) is 5.75 Å². The van der Waals surface area contributed by atoms with E-state index in [2.05, 4.69) is 0 Å².